The smallest absolute Gasteiger partial charge is 0.0643 e. The first-order chi connectivity index (χ1) is 7.29. The predicted octanol–water partition coefficient (Wildman–Crippen LogP) is -0.333. The molecule has 0 atom stereocenters. The molecule has 1 rings (SSSR count). The zero-order valence-corrected chi connectivity index (χ0v) is 8.75. The monoisotopic (exact) mass is 211 g/mol. The molecule has 0 saturated carbocycles. The van der Waals surface area contributed by atoms with Gasteiger partial charge in [-0.3, -0.25) is 0 Å². The lowest BCUT2D eigenvalue weighted by Crippen LogP contribution is -2.18. The molecule has 2 N–H and O–H groups in total. The molecule has 15 heavy (non-hydrogen) atoms. The van der Waals surface area contributed by atoms with Gasteiger partial charge >= 0.3 is 0 Å². The number of rotatable bonds is 2. The Hall–Kier alpha value is -1.65. The van der Waals surface area contributed by atoms with Crippen LogP contribution in [0, 0.1) is 0 Å². The Morgan fingerprint density at radius 2 is 1.60 bits per heavy atom. The molecule has 0 saturated heterocycles. The van der Waals surface area contributed by atoms with Crippen LogP contribution in [0.1, 0.15) is 5.56 Å². The van der Waals surface area contributed by atoms with Crippen LogP contribution in [0.15, 0.2) is 36.4 Å². The van der Waals surface area contributed by atoms with E-state index in [0.29, 0.717) is 0 Å². The van der Waals surface area contributed by atoms with Gasteiger partial charge in [-0.1, -0.05) is 36.4 Å². The second-order valence-corrected chi connectivity index (χ2v) is 2.06. The van der Waals surface area contributed by atoms with E-state index in [-0.39, 0.29) is 0 Å². The summed E-state index contributed by atoms with van der Waals surface area (Å²) in [6, 6.07) is 9.19. The van der Waals surface area contributed by atoms with Crippen LogP contribution in [-0.2, 0) is 4.79 Å². The van der Waals surface area contributed by atoms with Crippen LogP contribution >= 0.6 is 0 Å². The number of carbonyl (C=O) groups excluding carboxylic acids is 1. The number of benzene rings is 1. The van der Waals surface area contributed by atoms with Gasteiger partial charge < -0.3 is 20.1 Å². The molecule has 0 fully saturated rings. The summed E-state index contributed by atoms with van der Waals surface area (Å²) in [5, 5.41) is 24.0. The van der Waals surface area contributed by atoms with Crippen molar-refractivity contribution in [3.8, 4) is 0 Å². The predicted molar refractivity (Wildman–Crippen MR) is 56.8 cm³/mol. The average Bonchev–Trinajstić information content (AvgIpc) is 2.33. The van der Waals surface area contributed by atoms with Crippen LogP contribution < -0.4 is 5.11 Å². The third kappa shape index (κ3) is 10.3. The molecule has 0 radical (unpaired) electrons. The quantitative estimate of drug-likeness (QED) is 0.656. The Morgan fingerprint density at radius 1 is 1.13 bits per heavy atom. The number of hydrogen-bond donors (Lipinski definition) is 2. The molecule has 1 aromatic rings. The summed E-state index contributed by atoms with van der Waals surface area (Å²) in [6.45, 7) is 0. The third-order valence-electron chi connectivity index (χ3n) is 1.21. The van der Waals surface area contributed by atoms with E-state index in [0.717, 1.165) is 25.9 Å². The van der Waals surface area contributed by atoms with Gasteiger partial charge in [0.05, 0.1) is 5.97 Å². The zero-order valence-electron chi connectivity index (χ0n) is 8.75. The van der Waals surface area contributed by atoms with Crippen LogP contribution in [0.4, 0.5) is 0 Å². The van der Waals surface area contributed by atoms with E-state index < -0.39 is 5.97 Å². The summed E-state index contributed by atoms with van der Waals surface area (Å²) >= 11 is 0. The van der Waals surface area contributed by atoms with Crippen molar-refractivity contribution >= 4 is 12.0 Å². The van der Waals surface area contributed by atoms with Crippen molar-refractivity contribution in [3.05, 3.63) is 42.0 Å². The van der Waals surface area contributed by atoms with Crippen molar-refractivity contribution in [3.63, 3.8) is 0 Å². The van der Waals surface area contributed by atoms with Crippen molar-refractivity contribution in [2.75, 3.05) is 14.2 Å². The highest BCUT2D eigenvalue weighted by molar-refractivity contribution is 5.83. The average molecular weight is 211 g/mol. The lowest BCUT2D eigenvalue weighted by atomic mass is 10.2. The topological polar surface area (TPSA) is 80.6 Å². The molecule has 0 amide bonds. The summed E-state index contributed by atoms with van der Waals surface area (Å²) in [5.41, 5.74) is 0.858. The number of hydrogen-bond acceptors (Lipinski definition) is 4. The first kappa shape index (κ1) is 15.8. The van der Waals surface area contributed by atoms with Crippen molar-refractivity contribution in [1.29, 1.82) is 0 Å². The molecule has 0 aliphatic carbocycles. The van der Waals surface area contributed by atoms with E-state index in [1.54, 1.807) is 0 Å². The maximum atomic E-state index is 9.97. The van der Waals surface area contributed by atoms with Crippen molar-refractivity contribution in [2.24, 2.45) is 0 Å². The maximum Gasteiger partial charge on any atom is 0.0643 e. The summed E-state index contributed by atoms with van der Waals surface area (Å²) in [5.74, 6) is -1.17. The first-order valence-electron chi connectivity index (χ1n) is 4.12. The van der Waals surface area contributed by atoms with E-state index in [1.165, 1.54) is 6.08 Å². The molecule has 0 aromatic heterocycles. The number of aliphatic hydroxyl groups is 2. The summed E-state index contributed by atoms with van der Waals surface area (Å²) in [4.78, 5) is 9.97. The lowest BCUT2D eigenvalue weighted by Gasteiger charge is -1.91. The van der Waals surface area contributed by atoms with Gasteiger partial charge in [-0.2, -0.15) is 0 Å². The molecule has 0 heterocycles. The largest absolute Gasteiger partial charge is 0.545 e. The van der Waals surface area contributed by atoms with Gasteiger partial charge in [0.25, 0.3) is 0 Å². The molecule has 0 bridgehead atoms. The van der Waals surface area contributed by atoms with Gasteiger partial charge in [-0.05, 0) is 11.6 Å². The maximum absolute atomic E-state index is 9.97. The molecule has 4 nitrogen and oxygen atoms in total. The molecule has 0 aliphatic rings. The highest BCUT2D eigenvalue weighted by atomic mass is 16.4. The lowest BCUT2D eigenvalue weighted by molar-refractivity contribution is -0.297. The minimum atomic E-state index is -1.17. The fourth-order valence-corrected chi connectivity index (χ4v) is 0.728. The van der Waals surface area contributed by atoms with Gasteiger partial charge in [0.2, 0.25) is 0 Å². The number of carboxylic acids is 1. The van der Waals surface area contributed by atoms with Crippen molar-refractivity contribution in [2.45, 2.75) is 0 Å². The Kier molecular flexibility index (Phi) is 13.0. The normalized spacial score (nSPS) is 8.27. The second kappa shape index (κ2) is 12.4. The van der Waals surface area contributed by atoms with Crippen LogP contribution in [0.3, 0.4) is 0 Å². The zero-order chi connectivity index (χ0) is 12.1. The van der Waals surface area contributed by atoms with Gasteiger partial charge in [0.1, 0.15) is 0 Å². The van der Waals surface area contributed by atoms with Gasteiger partial charge in [-0.25, -0.2) is 0 Å². The summed E-state index contributed by atoms with van der Waals surface area (Å²) in [6.07, 6.45) is 2.50. The molecule has 0 spiro atoms. The molecule has 0 unspecified atom stereocenters. The van der Waals surface area contributed by atoms with Crippen LogP contribution in [0.2, 0.25) is 0 Å². The fourth-order valence-electron chi connectivity index (χ4n) is 0.728. The minimum Gasteiger partial charge on any atom is -0.545 e. The Balaban J connectivity index is 0. The van der Waals surface area contributed by atoms with Crippen molar-refractivity contribution in [1.82, 2.24) is 0 Å². The fraction of sp³-hybridized carbons (Fsp3) is 0.182. The summed E-state index contributed by atoms with van der Waals surface area (Å²) in [7, 11) is 2.00. The summed E-state index contributed by atoms with van der Waals surface area (Å²) < 4.78 is 0. The molecular formula is C11H15O4-. The molecule has 0 aliphatic heterocycles. The van der Waals surface area contributed by atoms with E-state index in [9.17, 15) is 9.90 Å². The number of aliphatic hydroxyl groups excluding tert-OH is 2. The highest BCUT2D eigenvalue weighted by Crippen LogP contribution is 1.99. The number of aliphatic carboxylic acids is 1. The molecule has 4 heteroatoms. The Morgan fingerprint density at radius 3 is 2.00 bits per heavy atom. The minimum absolute atomic E-state index is 0.858. The standard InChI is InChI=1S/C9H8O2.2CH4O/c10-9(11)7-6-8-4-2-1-3-5-8;2*1-2/h1-7H,(H,10,11);2*2H,1H3/p-1/b7-6+;;. The Bertz CT molecular complexity index is 267. The van der Waals surface area contributed by atoms with E-state index in [4.69, 9.17) is 10.2 Å². The first-order valence-corrected chi connectivity index (χ1v) is 4.12. The van der Waals surface area contributed by atoms with Gasteiger partial charge in [0, 0.05) is 14.2 Å². The van der Waals surface area contributed by atoms with Crippen LogP contribution in [-0.4, -0.2) is 30.4 Å². The molecular weight excluding hydrogens is 196 g/mol. The number of carboxylic acid groups (broad SMARTS) is 1. The van der Waals surface area contributed by atoms with Crippen LogP contribution in [0.5, 0.6) is 0 Å². The highest BCUT2D eigenvalue weighted by Gasteiger charge is 1.80. The van der Waals surface area contributed by atoms with Gasteiger partial charge in [0.15, 0.2) is 0 Å². The third-order valence-corrected chi connectivity index (χ3v) is 1.21. The molecule has 84 valence electrons. The Labute approximate surface area is 89.1 Å². The van der Waals surface area contributed by atoms with Gasteiger partial charge in [-0.15, -0.1) is 0 Å². The molecule has 1 aromatic carbocycles. The van der Waals surface area contributed by atoms with E-state index >= 15 is 0 Å². The van der Waals surface area contributed by atoms with Crippen LogP contribution in [0.25, 0.3) is 6.08 Å². The number of carbonyl (C=O) groups is 1. The SMILES string of the molecule is CO.CO.O=C([O-])/C=C/c1ccccc1. The van der Waals surface area contributed by atoms with E-state index in [2.05, 4.69) is 0 Å². The van der Waals surface area contributed by atoms with Crippen molar-refractivity contribution < 1.29 is 20.1 Å². The second-order valence-electron chi connectivity index (χ2n) is 2.06. The van der Waals surface area contributed by atoms with E-state index in [1.807, 2.05) is 30.3 Å².